The number of rotatable bonds is 7. The van der Waals surface area contributed by atoms with E-state index in [2.05, 4.69) is 5.32 Å². The summed E-state index contributed by atoms with van der Waals surface area (Å²) in [6, 6.07) is 0. The van der Waals surface area contributed by atoms with Crippen LogP contribution in [0, 0.1) is 17.8 Å². The fourth-order valence-corrected chi connectivity index (χ4v) is 2.21. The lowest BCUT2D eigenvalue weighted by Gasteiger charge is -2.15. The molecule has 2 saturated carbocycles. The maximum absolute atomic E-state index is 5.01. The van der Waals surface area contributed by atoms with Crippen LogP contribution in [0.15, 0.2) is 0 Å². The van der Waals surface area contributed by atoms with Crippen molar-refractivity contribution >= 4 is 0 Å². The fraction of sp³-hybridized carbons (Fsp3) is 1.00. The molecule has 2 rings (SSSR count). The molecule has 13 heavy (non-hydrogen) atoms. The first-order chi connectivity index (χ1) is 6.42. The molecule has 1 N–H and O–H groups in total. The Hall–Kier alpha value is -0.0800. The predicted molar refractivity (Wildman–Crippen MR) is 53.7 cm³/mol. The molecule has 2 aliphatic carbocycles. The molecule has 0 saturated heterocycles. The molecule has 2 heteroatoms. The van der Waals surface area contributed by atoms with Gasteiger partial charge in [0.25, 0.3) is 0 Å². The molecule has 0 amide bonds. The Balaban J connectivity index is 1.59. The Morgan fingerprint density at radius 3 is 2.31 bits per heavy atom. The van der Waals surface area contributed by atoms with Crippen LogP contribution < -0.4 is 5.32 Å². The molecule has 0 radical (unpaired) electrons. The third-order valence-corrected chi connectivity index (χ3v) is 3.32. The van der Waals surface area contributed by atoms with Crippen LogP contribution >= 0.6 is 0 Å². The monoisotopic (exact) mass is 183 g/mol. The second-order valence-corrected chi connectivity index (χ2v) is 4.54. The molecule has 0 aliphatic heterocycles. The quantitative estimate of drug-likeness (QED) is 0.606. The van der Waals surface area contributed by atoms with E-state index in [1.54, 1.807) is 7.11 Å². The first-order valence-electron chi connectivity index (χ1n) is 5.61. The van der Waals surface area contributed by atoms with E-state index >= 15 is 0 Å². The summed E-state index contributed by atoms with van der Waals surface area (Å²) in [6.45, 7) is 3.10. The zero-order chi connectivity index (χ0) is 9.10. The summed E-state index contributed by atoms with van der Waals surface area (Å²) < 4.78 is 5.01. The van der Waals surface area contributed by atoms with Gasteiger partial charge < -0.3 is 10.1 Å². The van der Waals surface area contributed by atoms with Crippen molar-refractivity contribution in [3.05, 3.63) is 0 Å². The number of hydrogen-bond donors (Lipinski definition) is 1. The third kappa shape index (κ3) is 2.96. The van der Waals surface area contributed by atoms with Crippen LogP contribution in [0.2, 0.25) is 0 Å². The van der Waals surface area contributed by atoms with Crippen molar-refractivity contribution in [2.45, 2.75) is 25.7 Å². The molecule has 0 spiro atoms. The van der Waals surface area contributed by atoms with Gasteiger partial charge in [0, 0.05) is 13.7 Å². The number of ether oxygens (including phenoxy) is 1. The number of nitrogens with one attached hydrogen (secondary N) is 1. The fourth-order valence-electron chi connectivity index (χ4n) is 2.21. The molecule has 76 valence electrons. The molecule has 2 aliphatic rings. The summed E-state index contributed by atoms with van der Waals surface area (Å²) >= 11 is 0. The summed E-state index contributed by atoms with van der Waals surface area (Å²) in [7, 11) is 1.76. The van der Waals surface area contributed by atoms with Crippen molar-refractivity contribution in [2.75, 3.05) is 26.8 Å². The van der Waals surface area contributed by atoms with Crippen LogP contribution in [-0.2, 0) is 4.74 Å². The first kappa shape index (κ1) is 9.47. The highest BCUT2D eigenvalue weighted by atomic mass is 16.5. The minimum atomic E-state index is 0.849. The molecule has 0 heterocycles. The Morgan fingerprint density at radius 2 is 1.85 bits per heavy atom. The van der Waals surface area contributed by atoms with Gasteiger partial charge in [0.2, 0.25) is 0 Å². The minimum Gasteiger partial charge on any atom is -0.383 e. The van der Waals surface area contributed by atoms with E-state index < -0.39 is 0 Å². The number of methoxy groups -OCH3 is 1. The third-order valence-electron chi connectivity index (χ3n) is 3.32. The normalized spacial score (nSPS) is 22.6. The van der Waals surface area contributed by atoms with Crippen LogP contribution in [-0.4, -0.2) is 26.8 Å². The van der Waals surface area contributed by atoms with Crippen molar-refractivity contribution in [1.82, 2.24) is 5.32 Å². The molecule has 0 aromatic carbocycles. The van der Waals surface area contributed by atoms with Gasteiger partial charge in [0.15, 0.2) is 0 Å². The van der Waals surface area contributed by atoms with E-state index in [1.165, 1.54) is 32.2 Å². The molecule has 2 nitrogen and oxygen atoms in total. The van der Waals surface area contributed by atoms with Crippen LogP contribution in [0.25, 0.3) is 0 Å². The van der Waals surface area contributed by atoms with Gasteiger partial charge in [-0.2, -0.15) is 0 Å². The molecule has 0 unspecified atom stereocenters. The lowest BCUT2D eigenvalue weighted by molar-refractivity contribution is 0.196. The Kier molecular flexibility index (Phi) is 3.23. The zero-order valence-corrected chi connectivity index (χ0v) is 8.59. The number of hydrogen-bond acceptors (Lipinski definition) is 2. The summed E-state index contributed by atoms with van der Waals surface area (Å²) in [6.07, 6.45) is 5.97. The average Bonchev–Trinajstić information content (AvgIpc) is 2.99. The van der Waals surface area contributed by atoms with Crippen LogP contribution in [0.1, 0.15) is 25.7 Å². The van der Waals surface area contributed by atoms with E-state index in [0.717, 1.165) is 30.9 Å². The van der Waals surface area contributed by atoms with Gasteiger partial charge in [0.05, 0.1) is 6.61 Å². The molecule has 0 atom stereocenters. The van der Waals surface area contributed by atoms with Crippen molar-refractivity contribution in [2.24, 2.45) is 17.8 Å². The maximum Gasteiger partial charge on any atom is 0.0587 e. The molecular weight excluding hydrogens is 162 g/mol. The van der Waals surface area contributed by atoms with Gasteiger partial charge in [-0.25, -0.2) is 0 Å². The maximum atomic E-state index is 5.01. The smallest absolute Gasteiger partial charge is 0.0587 e. The van der Waals surface area contributed by atoms with E-state index in [0.29, 0.717) is 0 Å². The van der Waals surface area contributed by atoms with E-state index in [4.69, 9.17) is 4.74 Å². The van der Waals surface area contributed by atoms with Crippen LogP contribution in [0.3, 0.4) is 0 Å². The van der Waals surface area contributed by atoms with Crippen LogP contribution in [0.5, 0.6) is 0 Å². The van der Waals surface area contributed by atoms with E-state index in [-0.39, 0.29) is 0 Å². The molecule has 0 bridgehead atoms. The van der Waals surface area contributed by atoms with Gasteiger partial charge in [-0.1, -0.05) is 0 Å². The zero-order valence-electron chi connectivity index (χ0n) is 8.59. The largest absolute Gasteiger partial charge is 0.383 e. The molecule has 0 aromatic heterocycles. The first-order valence-corrected chi connectivity index (χ1v) is 5.61. The van der Waals surface area contributed by atoms with Crippen molar-refractivity contribution in [3.8, 4) is 0 Å². The Labute approximate surface area is 81.0 Å². The Bertz CT molecular complexity index is 140. The second kappa shape index (κ2) is 4.43. The summed E-state index contributed by atoms with van der Waals surface area (Å²) in [4.78, 5) is 0. The molecule has 0 aromatic rings. The standard InChI is InChI=1S/C11H21NO/c1-13-7-6-12-8-11(9-2-3-9)10-4-5-10/h9-12H,2-8H2,1H3. The molecule has 2 fully saturated rings. The highest BCUT2D eigenvalue weighted by Crippen LogP contribution is 2.48. The van der Waals surface area contributed by atoms with Gasteiger partial charge in [-0.15, -0.1) is 0 Å². The Morgan fingerprint density at radius 1 is 1.23 bits per heavy atom. The van der Waals surface area contributed by atoms with Gasteiger partial charge in [0.1, 0.15) is 0 Å². The lowest BCUT2D eigenvalue weighted by atomic mass is 9.98. The highest BCUT2D eigenvalue weighted by Gasteiger charge is 2.40. The van der Waals surface area contributed by atoms with Crippen molar-refractivity contribution < 1.29 is 4.74 Å². The molecular formula is C11H21NO. The summed E-state index contributed by atoms with van der Waals surface area (Å²) in [5, 5.41) is 3.50. The topological polar surface area (TPSA) is 21.3 Å². The SMILES string of the molecule is COCCNCC(C1CC1)C1CC1. The van der Waals surface area contributed by atoms with E-state index in [1.807, 2.05) is 0 Å². The predicted octanol–water partition coefficient (Wildman–Crippen LogP) is 1.66. The van der Waals surface area contributed by atoms with E-state index in [9.17, 15) is 0 Å². The minimum absolute atomic E-state index is 0.849. The summed E-state index contributed by atoms with van der Waals surface area (Å²) in [5.41, 5.74) is 0. The van der Waals surface area contributed by atoms with Gasteiger partial charge in [-0.3, -0.25) is 0 Å². The highest BCUT2D eigenvalue weighted by molar-refractivity contribution is 4.92. The van der Waals surface area contributed by atoms with Gasteiger partial charge in [-0.05, 0) is 50.0 Å². The average molecular weight is 183 g/mol. The van der Waals surface area contributed by atoms with Gasteiger partial charge >= 0.3 is 0 Å². The van der Waals surface area contributed by atoms with Crippen molar-refractivity contribution in [3.63, 3.8) is 0 Å². The van der Waals surface area contributed by atoms with Crippen molar-refractivity contribution in [1.29, 1.82) is 0 Å². The lowest BCUT2D eigenvalue weighted by Crippen LogP contribution is -2.28. The van der Waals surface area contributed by atoms with Crippen LogP contribution in [0.4, 0.5) is 0 Å². The second-order valence-electron chi connectivity index (χ2n) is 4.54. The summed E-state index contributed by atoms with van der Waals surface area (Å²) in [5.74, 6) is 3.14.